The van der Waals surface area contributed by atoms with Crippen molar-refractivity contribution in [1.82, 2.24) is 15.2 Å². The fraction of sp³-hybridized carbons (Fsp3) is 0.208. The lowest BCUT2D eigenvalue weighted by atomic mass is 9.76. The van der Waals surface area contributed by atoms with Crippen molar-refractivity contribution in [2.75, 3.05) is 7.05 Å². The number of fused-ring (bicyclic) bond motifs is 1. The maximum Gasteiger partial charge on any atom is 0.239 e. The lowest BCUT2D eigenvalue weighted by molar-refractivity contribution is -0.131. The van der Waals surface area contributed by atoms with E-state index in [0.717, 1.165) is 38.1 Å². The molecule has 0 unspecified atom stereocenters. The van der Waals surface area contributed by atoms with E-state index in [4.69, 9.17) is 21.4 Å². The van der Waals surface area contributed by atoms with Crippen molar-refractivity contribution in [2.45, 2.75) is 25.3 Å². The van der Waals surface area contributed by atoms with E-state index in [9.17, 15) is 4.79 Å². The number of aromatic nitrogens is 1. The smallest absolute Gasteiger partial charge is 0.239 e. The van der Waals surface area contributed by atoms with Gasteiger partial charge in [-0.1, -0.05) is 17.7 Å². The van der Waals surface area contributed by atoms with Gasteiger partial charge in [0, 0.05) is 29.1 Å². The number of likely N-dealkylation sites (N-methyl/N-ethyl adjacent to an activating group) is 1. The number of rotatable bonds is 3. The number of benzene rings is 1. The molecular formula is C24H21ClN4O2S. The van der Waals surface area contributed by atoms with Gasteiger partial charge in [0.05, 0.1) is 17.7 Å². The predicted molar refractivity (Wildman–Crippen MR) is 127 cm³/mol. The molecule has 3 aromatic heterocycles. The minimum Gasteiger partial charge on any atom is -0.464 e. The highest BCUT2D eigenvalue weighted by Crippen LogP contribution is 2.45. The summed E-state index contributed by atoms with van der Waals surface area (Å²) in [5.41, 5.74) is 3.63. The Labute approximate surface area is 194 Å². The van der Waals surface area contributed by atoms with Crippen LogP contribution < -0.4 is 5.32 Å². The highest BCUT2D eigenvalue weighted by atomic mass is 35.5. The summed E-state index contributed by atoms with van der Waals surface area (Å²) >= 11 is 7.91. The number of amides is 1. The van der Waals surface area contributed by atoms with Gasteiger partial charge in [-0.25, -0.2) is 4.98 Å². The average molecular weight is 465 g/mol. The molecule has 1 aromatic carbocycles. The number of nitrogens with one attached hydrogen (secondary N) is 2. The quantitative estimate of drug-likeness (QED) is 0.391. The van der Waals surface area contributed by atoms with Crippen LogP contribution in [0.5, 0.6) is 0 Å². The zero-order valence-corrected chi connectivity index (χ0v) is 19.3. The summed E-state index contributed by atoms with van der Waals surface area (Å²) in [5, 5.41) is 15.1. The average Bonchev–Trinajstić information content (AvgIpc) is 3.43. The number of nitrogens with zero attached hydrogens (tertiary/aromatic N) is 2. The molecule has 32 heavy (non-hydrogen) atoms. The van der Waals surface area contributed by atoms with Crippen molar-refractivity contribution >= 4 is 45.8 Å². The van der Waals surface area contributed by atoms with E-state index in [-0.39, 0.29) is 11.9 Å². The van der Waals surface area contributed by atoms with Crippen molar-refractivity contribution in [2.24, 2.45) is 0 Å². The van der Waals surface area contributed by atoms with Gasteiger partial charge >= 0.3 is 0 Å². The van der Waals surface area contributed by atoms with Crippen LogP contribution >= 0.6 is 22.9 Å². The third-order valence-corrected chi connectivity index (χ3v) is 7.55. The second-order valence-corrected chi connectivity index (χ2v) is 9.54. The van der Waals surface area contributed by atoms with Gasteiger partial charge in [0.2, 0.25) is 5.91 Å². The summed E-state index contributed by atoms with van der Waals surface area (Å²) in [7, 11) is 1.62. The van der Waals surface area contributed by atoms with Crippen LogP contribution in [0.25, 0.3) is 22.1 Å². The van der Waals surface area contributed by atoms with Crippen LogP contribution in [-0.4, -0.2) is 28.8 Å². The van der Waals surface area contributed by atoms with Crippen LogP contribution in [0.1, 0.15) is 28.8 Å². The molecule has 5 rings (SSSR count). The summed E-state index contributed by atoms with van der Waals surface area (Å²) in [6.07, 6.45) is 3.38. The fourth-order valence-electron chi connectivity index (χ4n) is 4.30. The third-order valence-electron chi connectivity index (χ3n) is 6.08. The summed E-state index contributed by atoms with van der Waals surface area (Å²) in [6, 6.07) is 11.7. The zero-order chi connectivity index (χ0) is 22.6. The number of hydrogen-bond donors (Lipinski definition) is 2. The van der Waals surface area contributed by atoms with E-state index in [2.05, 4.69) is 10.3 Å². The largest absolute Gasteiger partial charge is 0.464 e. The molecule has 2 N–H and O–H groups in total. The van der Waals surface area contributed by atoms with Crippen molar-refractivity contribution in [3.63, 3.8) is 0 Å². The van der Waals surface area contributed by atoms with Gasteiger partial charge in [-0.3, -0.25) is 15.1 Å². The number of halogens is 1. The van der Waals surface area contributed by atoms with E-state index in [1.54, 1.807) is 19.5 Å². The lowest BCUT2D eigenvalue weighted by Gasteiger charge is -2.45. The third kappa shape index (κ3) is 3.20. The first-order chi connectivity index (χ1) is 15.3. The molecule has 1 aliphatic rings. The van der Waals surface area contributed by atoms with Gasteiger partial charge in [-0.2, -0.15) is 0 Å². The number of carbonyl (C=O) groups excluding carboxylic acids is 1. The standard InChI is InChI=1S/C24H21ClN4O2S/c1-13-8-17(21(25)27-11-13)16-10-19(32-12-16)24(2)20(22(30)29(3)23(26)28-24)15-4-5-18-14(9-15)6-7-31-18/h4-12,20H,1-3H3,(H2,26,28)/t20-,24-/m1/s1. The lowest BCUT2D eigenvalue weighted by Crippen LogP contribution is -2.62. The maximum atomic E-state index is 13.5. The number of hydrogen-bond acceptors (Lipinski definition) is 5. The molecule has 0 saturated carbocycles. The van der Waals surface area contributed by atoms with Gasteiger partial charge < -0.3 is 9.73 Å². The molecule has 4 heterocycles. The molecule has 0 bridgehead atoms. The Balaban J connectivity index is 1.64. The minimum absolute atomic E-state index is 0.0725. The zero-order valence-electron chi connectivity index (χ0n) is 17.8. The molecule has 1 amide bonds. The van der Waals surface area contributed by atoms with Crippen LogP contribution in [0, 0.1) is 12.3 Å². The Hall–Kier alpha value is -3.16. The molecule has 0 radical (unpaired) electrons. The number of carbonyl (C=O) groups is 1. The van der Waals surface area contributed by atoms with Crippen molar-refractivity contribution in [3.8, 4) is 11.1 Å². The van der Waals surface area contributed by atoms with Crippen molar-refractivity contribution in [3.05, 3.63) is 75.4 Å². The molecule has 2 atom stereocenters. The van der Waals surface area contributed by atoms with E-state index in [0.29, 0.717) is 5.15 Å². The van der Waals surface area contributed by atoms with Crippen LogP contribution in [0.2, 0.25) is 5.15 Å². The predicted octanol–water partition coefficient (Wildman–Crippen LogP) is 5.51. The summed E-state index contributed by atoms with van der Waals surface area (Å²) < 4.78 is 5.47. The van der Waals surface area contributed by atoms with E-state index in [1.807, 2.05) is 55.6 Å². The van der Waals surface area contributed by atoms with E-state index >= 15 is 0 Å². The Morgan fingerprint density at radius 1 is 1.28 bits per heavy atom. The Morgan fingerprint density at radius 2 is 2.09 bits per heavy atom. The molecule has 0 spiro atoms. The Kier molecular flexibility index (Phi) is 4.83. The number of furan rings is 1. The van der Waals surface area contributed by atoms with Crippen molar-refractivity contribution < 1.29 is 9.21 Å². The fourth-order valence-corrected chi connectivity index (χ4v) is 5.57. The Bertz CT molecular complexity index is 1380. The molecule has 1 saturated heterocycles. The molecule has 1 fully saturated rings. The van der Waals surface area contributed by atoms with Gasteiger partial charge in [0.25, 0.3) is 0 Å². The molecule has 1 aliphatic heterocycles. The van der Waals surface area contributed by atoms with E-state index in [1.165, 1.54) is 16.2 Å². The van der Waals surface area contributed by atoms with Gasteiger partial charge in [0.1, 0.15) is 10.7 Å². The van der Waals surface area contributed by atoms with Crippen molar-refractivity contribution in [1.29, 1.82) is 5.41 Å². The SMILES string of the molecule is Cc1cnc(Cl)c(-c2csc([C@@]3(C)NC(=N)N(C)C(=O)[C@H]3c3ccc4occc4c3)c2)c1. The molecule has 4 aromatic rings. The van der Waals surface area contributed by atoms with Crippen LogP contribution in [0.4, 0.5) is 0 Å². The van der Waals surface area contributed by atoms with Gasteiger partial charge in [-0.05, 0) is 66.2 Å². The van der Waals surface area contributed by atoms with Crippen LogP contribution in [-0.2, 0) is 10.3 Å². The topological polar surface area (TPSA) is 82.2 Å². The van der Waals surface area contributed by atoms with Gasteiger partial charge in [-0.15, -0.1) is 11.3 Å². The number of guanidine groups is 1. The summed E-state index contributed by atoms with van der Waals surface area (Å²) in [4.78, 5) is 20.0. The molecule has 6 nitrogen and oxygen atoms in total. The highest BCUT2D eigenvalue weighted by Gasteiger charge is 2.49. The maximum absolute atomic E-state index is 13.5. The number of aryl methyl sites for hydroxylation is 1. The summed E-state index contributed by atoms with van der Waals surface area (Å²) in [5.74, 6) is -0.592. The Morgan fingerprint density at radius 3 is 2.91 bits per heavy atom. The first-order valence-electron chi connectivity index (χ1n) is 10.1. The van der Waals surface area contributed by atoms with Crippen LogP contribution in [0.15, 0.2) is 58.7 Å². The molecule has 0 aliphatic carbocycles. The monoisotopic (exact) mass is 464 g/mol. The van der Waals surface area contributed by atoms with Crippen LogP contribution in [0.3, 0.4) is 0 Å². The minimum atomic E-state index is -0.815. The second-order valence-electron chi connectivity index (χ2n) is 8.27. The number of thiophene rings is 1. The number of pyridine rings is 1. The first-order valence-corrected chi connectivity index (χ1v) is 11.4. The highest BCUT2D eigenvalue weighted by molar-refractivity contribution is 7.10. The second kappa shape index (κ2) is 7.46. The van der Waals surface area contributed by atoms with Gasteiger partial charge in [0.15, 0.2) is 5.96 Å². The normalized spacial score (nSPS) is 21.2. The van der Waals surface area contributed by atoms with E-state index < -0.39 is 11.5 Å². The first kappa shape index (κ1) is 20.7. The molecule has 8 heteroatoms. The molecular weight excluding hydrogens is 444 g/mol. The summed E-state index contributed by atoms with van der Waals surface area (Å²) in [6.45, 7) is 3.95. The molecule has 162 valence electrons.